The van der Waals surface area contributed by atoms with Crippen LogP contribution in [0.5, 0.6) is 0 Å². The minimum Gasteiger partial charge on any atom is -0.316 e. The molecule has 2 aromatic rings. The van der Waals surface area contributed by atoms with E-state index in [-0.39, 0.29) is 17.3 Å². The Balaban J connectivity index is 2.28. The number of rotatable bonds is 3. The van der Waals surface area contributed by atoms with Crippen molar-refractivity contribution in [3.63, 3.8) is 0 Å². The number of amides is 1. The standard InChI is InChI=1S/C14H11BrN2O3/c1-9-8-10(6-7-11(9)15)14(18)16-12-4-2-3-5-13(12)17(19)20/h2-8H,1H3,(H,16,18). The van der Waals surface area contributed by atoms with E-state index >= 15 is 0 Å². The maximum absolute atomic E-state index is 12.1. The van der Waals surface area contributed by atoms with E-state index in [1.165, 1.54) is 12.1 Å². The highest BCUT2D eigenvalue weighted by Gasteiger charge is 2.15. The number of aryl methyl sites for hydroxylation is 1. The van der Waals surface area contributed by atoms with Crippen LogP contribution < -0.4 is 5.32 Å². The number of carbonyl (C=O) groups is 1. The number of para-hydroxylation sites is 2. The fraction of sp³-hybridized carbons (Fsp3) is 0.0714. The Labute approximate surface area is 123 Å². The van der Waals surface area contributed by atoms with Gasteiger partial charge in [0.25, 0.3) is 11.6 Å². The molecule has 0 heterocycles. The van der Waals surface area contributed by atoms with Gasteiger partial charge in [0.05, 0.1) is 4.92 Å². The lowest BCUT2D eigenvalue weighted by Crippen LogP contribution is -2.13. The summed E-state index contributed by atoms with van der Waals surface area (Å²) in [5.41, 5.74) is 1.42. The smallest absolute Gasteiger partial charge is 0.292 e. The average Bonchev–Trinajstić information content (AvgIpc) is 2.42. The number of nitro groups is 1. The van der Waals surface area contributed by atoms with Crippen molar-refractivity contribution in [3.8, 4) is 0 Å². The molecule has 0 aliphatic heterocycles. The monoisotopic (exact) mass is 334 g/mol. The fourth-order valence-electron chi connectivity index (χ4n) is 1.72. The van der Waals surface area contributed by atoms with Crippen LogP contribution >= 0.6 is 15.9 Å². The second-order valence-corrected chi connectivity index (χ2v) is 5.05. The molecule has 20 heavy (non-hydrogen) atoms. The molecule has 0 radical (unpaired) electrons. The molecular formula is C14H11BrN2O3. The van der Waals surface area contributed by atoms with Gasteiger partial charge in [0.1, 0.15) is 5.69 Å². The zero-order chi connectivity index (χ0) is 14.7. The van der Waals surface area contributed by atoms with Gasteiger partial charge in [0, 0.05) is 16.1 Å². The zero-order valence-electron chi connectivity index (χ0n) is 10.6. The molecule has 0 bridgehead atoms. The molecule has 6 heteroatoms. The van der Waals surface area contributed by atoms with Crippen molar-refractivity contribution in [2.45, 2.75) is 6.92 Å². The summed E-state index contributed by atoms with van der Waals surface area (Å²) in [7, 11) is 0. The van der Waals surface area contributed by atoms with Gasteiger partial charge in [-0.2, -0.15) is 0 Å². The van der Waals surface area contributed by atoms with Gasteiger partial charge in [0.2, 0.25) is 0 Å². The second kappa shape index (κ2) is 5.83. The van der Waals surface area contributed by atoms with E-state index in [2.05, 4.69) is 21.2 Å². The van der Waals surface area contributed by atoms with Crippen molar-refractivity contribution in [2.24, 2.45) is 0 Å². The van der Waals surface area contributed by atoms with Crippen molar-refractivity contribution in [3.05, 3.63) is 68.2 Å². The molecule has 0 aliphatic rings. The quantitative estimate of drug-likeness (QED) is 0.683. The molecule has 0 fully saturated rings. The van der Waals surface area contributed by atoms with Crippen molar-refractivity contribution < 1.29 is 9.72 Å². The third-order valence-electron chi connectivity index (χ3n) is 2.77. The Kier molecular flexibility index (Phi) is 4.14. The summed E-state index contributed by atoms with van der Waals surface area (Å²) in [6.45, 7) is 1.87. The van der Waals surface area contributed by atoms with Gasteiger partial charge in [-0.15, -0.1) is 0 Å². The summed E-state index contributed by atoms with van der Waals surface area (Å²) in [4.78, 5) is 22.5. The van der Waals surface area contributed by atoms with E-state index in [4.69, 9.17) is 0 Å². The normalized spacial score (nSPS) is 10.1. The first-order valence-corrected chi connectivity index (χ1v) is 6.59. The van der Waals surface area contributed by atoms with Crippen molar-refractivity contribution in [1.82, 2.24) is 0 Å². The van der Waals surface area contributed by atoms with Crippen LogP contribution in [0, 0.1) is 17.0 Å². The highest BCUT2D eigenvalue weighted by molar-refractivity contribution is 9.10. The lowest BCUT2D eigenvalue weighted by Gasteiger charge is -2.07. The minimum absolute atomic E-state index is 0.130. The van der Waals surface area contributed by atoms with E-state index in [1.807, 2.05) is 6.92 Å². The SMILES string of the molecule is Cc1cc(C(=O)Nc2ccccc2[N+](=O)[O-])ccc1Br. The van der Waals surface area contributed by atoms with E-state index in [1.54, 1.807) is 30.3 Å². The molecule has 0 saturated carbocycles. The summed E-state index contributed by atoms with van der Waals surface area (Å²) in [5, 5.41) is 13.4. The minimum atomic E-state index is -0.525. The molecule has 0 aliphatic carbocycles. The number of nitrogens with one attached hydrogen (secondary N) is 1. The lowest BCUT2D eigenvalue weighted by atomic mass is 10.1. The largest absolute Gasteiger partial charge is 0.316 e. The molecule has 2 aromatic carbocycles. The molecule has 1 amide bonds. The van der Waals surface area contributed by atoms with Crippen LogP contribution in [0.4, 0.5) is 11.4 Å². The Bertz CT molecular complexity index is 686. The summed E-state index contributed by atoms with van der Waals surface area (Å²) in [6, 6.07) is 11.2. The molecule has 102 valence electrons. The van der Waals surface area contributed by atoms with Crippen LogP contribution in [0.1, 0.15) is 15.9 Å². The average molecular weight is 335 g/mol. The summed E-state index contributed by atoms with van der Waals surface area (Å²) in [5.74, 6) is -0.380. The second-order valence-electron chi connectivity index (χ2n) is 4.19. The summed E-state index contributed by atoms with van der Waals surface area (Å²) in [6.07, 6.45) is 0. The maximum atomic E-state index is 12.1. The first-order chi connectivity index (χ1) is 9.49. The number of nitrogens with zero attached hydrogens (tertiary/aromatic N) is 1. The van der Waals surface area contributed by atoms with Crippen LogP contribution in [-0.4, -0.2) is 10.8 Å². The van der Waals surface area contributed by atoms with Gasteiger partial charge in [-0.3, -0.25) is 14.9 Å². The molecule has 0 spiro atoms. The topological polar surface area (TPSA) is 72.2 Å². The molecule has 5 nitrogen and oxygen atoms in total. The van der Waals surface area contributed by atoms with E-state index in [9.17, 15) is 14.9 Å². The number of benzene rings is 2. The van der Waals surface area contributed by atoms with Crippen LogP contribution in [0.15, 0.2) is 46.9 Å². The van der Waals surface area contributed by atoms with Gasteiger partial charge in [-0.05, 0) is 36.8 Å². The van der Waals surface area contributed by atoms with E-state index in [0.29, 0.717) is 5.56 Å². The Morgan fingerprint density at radius 3 is 2.60 bits per heavy atom. The highest BCUT2D eigenvalue weighted by atomic mass is 79.9. The van der Waals surface area contributed by atoms with Crippen molar-refractivity contribution >= 4 is 33.2 Å². The van der Waals surface area contributed by atoms with Gasteiger partial charge in [-0.25, -0.2) is 0 Å². The number of hydrogen-bond acceptors (Lipinski definition) is 3. The van der Waals surface area contributed by atoms with Crippen LogP contribution in [0.25, 0.3) is 0 Å². The fourth-order valence-corrected chi connectivity index (χ4v) is 1.97. The third kappa shape index (κ3) is 3.03. The highest BCUT2D eigenvalue weighted by Crippen LogP contribution is 2.24. The predicted octanol–water partition coefficient (Wildman–Crippen LogP) is 3.92. The van der Waals surface area contributed by atoms with Gasteiger partial charge >= 0.3 is 0 Å². The number of halogens is 1. The van der Waals surface area contributed by atoms with E-state index < -0.39 is 4.92 Å². The Morgan fingerprint density at radius 2 is 1.95 bits per heavy atom. The molecule has 0 saturated heterocycles. The molecule has 0 atom stereocenters. The van der Waals surface area contributed by atoms with Crippen LogP contribution in [0.3, 0.4) is 0 Å². The molecule has 2 rings (SSSR count). The number of anilines is 1. The number of carbonyl (C=O) groups excluding carboxylic acids is 1. The Hall–Kier alpha value is -2.21. The molecular weight excluding hydrogens is 324 g/mol. The maximum Gasteiger partial charge on any atom is 0.292 e. The lowest BCUT2D eigenvalue weighted by molar-refractivity contribution is -0.383. The molecule has 1 N–H and O–H groups in total. The van der Waals surface area contributed by atoms with Crippen molar-refractivity contribution in [2.75, 3.05) is 5.32 Å². The molecule has 0 aromatic heterocycles. The van der Waals surface area contributed by atoms with Crippen molar-refractivity contribution in [1.29, 1.82) is 0 Å². The summed E-state index contributed by atoms with van der Waals surface area (Å²) < 4.78 is 0.903. The van der Waals surface area contributed by atoms with Gasteiger partial charge in [0.15, 0.2) is 0 Å². The first-order valence-electron chi connectivity index (χ1n) is 5.80. The zero-order valence-corrected chi connectivity index (χ0v) is 12.2. The number of hydrogen-bond donors (Lipinski definition) is 1. The van der Waals surface area contributed by atoms with Crippen LogP contribution in [-0.2, 0) is 0 Å². The number of nitro benzene ring substituents is 1. The van der Waals surface area contributed by atoms with E-state index in [0.717, 1.165) is 10.0 Å². The summed E-state index contributed by atoms with van der Waals surface area (Å²) >= 11 is 3.35. The van der Waals surface area contributed by atoms with Gasteiger partial charge in [-0.1, -0.05) is 28.1 Å². The van der Waals surface area contributed by atoms with Gasteiger partial charge < -0.3 is 5.32 Å². The Morgan fingerprint density at radius 1 is 1.25 bits per heavy atom. The third-order valence-corrected chi connectivity index (χ3v) is 3.66. The molecule has 0 unspecified atom stereocenters. The predicted molar refractivity (Wildman–Crippen MR) is 79.9 cm³/mol. The van der Waals surface area contributed by atoms with Crippen LogP contribution in [0.2, 0.25) is 0 Å². The first kappa shape index (κ1) is 14.2.